The second-order valence-electron chi connectivity index (χ2n) is 6.61. The summed E-state index contributed by atoms with van der Waals surface area (Å²) < 4.78 is 0. The molecule has 0 saturated heterocycles. The van der Waals surface area contributed by atoms with Crippen molar-refractivity contribution in [2.24, 2.45) is 11.3 Å². The van der Waals surface area contributed by atoms with Crippen LogP contribution in [0.1, 0.15) is 70.6 Å². The molecule has 0 spiro atoms. The minimum Gasteiger partial charge on any atom is -0.481 e. The van der Waals surface area contributed by atoms with Crippen LogP contribution in [-0.4, -0.2) is 23.5 Å². The van der Waals surface area contributed by atoms with Crippen molar-refractivity contribution in [2.45, 2.75) is 70.6 Å². The Bertz CT molecular complexity index is 342. The molecule has 0 radical (unpaired) electrons. The first-order valence-electron chi connectivity index (χ1n) is 8.12. The lowest BCUT2D eigenvalue weighted by Crippen LogP contribution is -2.36. The van der Waals surface area contributed by atoms with Gasteiger partial charge in [0.15, 0.2) is 0 Å². The molecule has 0 aliphatic heterocycles. The summed E-state index contributed by atoms with van der Waals surface area (Å²) in [4.78, 5) is 23.4. The highest BCUT2D eigenvalue weighted by molar-refractivity contribution is 5.85. The molecule has 114 valence electrons. The van der Waals surface area contributed by atoms with Crippen LogP contribution in [-0.2, 0) is 9.59 Å². The molecule has 2 fully saturated rings. The Kier molecular flexibility index (Phi) is 5.44. The van der Waals surface area contributed by atoms with E-state index >= 15 is 0 Å². The normalized spacial score (nSPS) is 22.6. The minimum atomic E-state index is -0.794. The highest BCUT2D eigenvalue weighted by Crippen LogP contribution is 2.41. The molecule has 4 heteroatoms. The third-order valence-electron chi connectivity index (χ3n) is 5.11. The van der Waals surface area contributed by atoms with Crippen LogP contribution in [0.5, 0.6) is 0 Å². The lowest BCUT2D eigenvalue weighted by atomic mass is 9.82. The second kappa shape index (κ2) is 7.09. The summed E-state index contributed by atoms with van der Waals surface area (Å²) in [5, 5.41) is 12.3. The third kappa shape index (κ3) is 3.97. The number of hydrogen-bond acceptors (Lipinski definition) is 2. The average Bonchev–Trinajstić information content (AvgIpc) is 2.90. The summed E-state index contributed by atoms with van der Waals surface area (Å²) in [6.45, 7) is 0.708. The molecule has 2 rings (SSSR count). The van der Waals surface area contributed by atoms with E-state index in [1.165, 1.54) is 32.1 Å². The second-order valence-corrected chi connectivity index (χ2v) is 6.61. The fraction of sp³-hybridized carbons (Fsp3) is 0.875. The molecule has 20 heavy (non-hydrogen) atoms. The molecule has 2 N–H and O–H groups in total. The van der Waals surface area contributed by atoms with E-state index in [0.29, 0.717) is 19.4 Å². The summed E-state index contributed by atoms with van der Waals surface area (Å²) >= 11 is 0. The smallest absolute Gasteiger partial charge is 0.310 e. The van der Waals surface area contributed by atoms with Gasteiger partial charge in [0.25, 0.3) is 0 Å². The molecule has 0 aromatic carbocycles. The molecule has 0 aromatic heterocycles. The Morgan fingerprint density at radius 2 is 1.70 bits per heavy atom. The number of aliphatic carboxylic acids is 1. The topological polar surface area (TPSA) is 66.4 Å². The molecule has 0 bridgehead atoms. The number of carboxylic acids is 1. The van der Waals surface area contributed by atoms with Crippen LogP contribution in [0.15, 0.2) is 0 Å². The Morgan fingerprint density at radius 3 is 2.30 bits per heavy atom. The Morgan fingerprint density at radius 1 is 1.05 bits per heavy atom. The lowest BCUT2D eigenvalue weighted by Gasteiger charge is -2.24. The maximum atomic E-state index is 12.0. The lowest BCUT2D eigenvalue weighted by molar-refractivity contribution is -0.151. The van der Waals surface area contributed by atoms with Gasteiger partial charge in [-0.05, 0) is 25.2 Å². The SMILES string of the molecule is O=C(CC1(C(=O)O)CCCC1)NCCC1CCCCC1. The first-order chi connectivity index (χ1) is 9.62. The van der Waals surface area contributed by atoms with Crippen molar-refractivity contribution < 1.29 is 14.7 Å². The fourth-order valence-corrected chi connectivity index (χ4v) is 3.78. The zero-order valence-electron chi connectivity index (χ0n) is 12.3. The van der Waals surface area contributed by atoms with Gasteiger partial charge in [-0.25, -0.2) is 0 Å². The Hall–Kier alpha value is -1.06. The quantitative estimate of drug-likeness (QED) is 0.786. The van der Waals surface area contributed by atoms with Crippen molar-refractivity contribution in [3.05, 3.63) is 0 Å². The minimum absolute atomic E-state index is 0.0786. The van der Waals surface area contributed by atoms with E-state index in [2.05, 4.69) is 5.32 Å². The van der Waals surface area contributed by atoms with E-state index in [0.717, 1.165) is 25.2 Å². The Labute approximate surface area is 121 Å². The summed E-state index contributed by atoms with van der Waals surface area (Å²) in [5.74, 6) is -0.119. The highest BCUT2D eigenvalue weighted by Gasteiger charge is 2.42. The van der Waals surface area contributed by atoms with E-state index in [1.807, 2.05) is 0 Å². The van der Waals surface area contributed by atoms with E-state index in [9.17, 15) is 14.7 Å². The monoisotopic (exact) mass is 281 g/mol. The maximum absolute atomic E-state index is 12.0. The zero-order chi connectivity index (χ0) is 14.4. The first kappa shape index (κ1) is 15.3. The van der Waals surface area contributed by atoms with Gasteiger partial charge in [0.1, 0.15) is 0 Å². The summed E-state index contributed by atoms with van der Waals surface area (Å²) in [7, 11) is 0. The van der Waals surface area contributed by atoms with Crippen LogP contribution in [0.3, 0.4) is 0 Å². The average molecular weight is 281 g/mol. The number of carbonyl (C=O) groups is 2. The zero-order valence-corrected chi connectivity index (χ0v) is 12.3. The van der Waals surface area contributed by atoms with Crippen LogP contribution >= 0.6 is 0 Å². The predicted molar refractivity (Wildman–Crippen MR) is 77.4 cm³/mol. The molecule has 2 aliphatic rings. The van der Waals surface area contributed by atoms with Crippen molar-refractivity contribution in [1.29, 1.82) is 0 Å². The highest BCUT2D eigenvalue weighted by atomic mass is 16.4. The Balaban J connectivity index is 1.70. The van der Waals surface area contributed by atoms with Crippen LogP contribution in [0.2, 0.25) is 0 Å². The van der Waals surface area contributed by atoms with Gasteiger partial charge in [-0.15, -0.1) is 0 Å². The maximum Gasteiger partial charge on any atom is 0.310 e. The molecule has 0 atom stereocenters. The van der Waals surface area contributed by atoms with Gasteiger partial charge in [0.05, 0.1) is 5.41 Å². The van der Waals surface area contributed by atoms with Crippen LogP contribution < -0.4 is 5.32 Å². The van der Waals surface area contributed by atoms with Gasteiger partial charge in [0.2, 0.25) is 5.91 Å². The van der Waals surface area contributed by atoms with Crippen LogP contribution in [0.4, 0.5) is 0 Å². The van der Waals surface area contributed by atoms with E-state index in [4.69, 9.17) is 0 Å². The van der Waals surface area contributed by atoms with Crippen molar-refractivity contribution >= 4 is 11.9 Å². The van der Waals surface area contributed by atoms with Crippen molar-refractivity contribution in [3.8, 4) is 0 Å². The number of hydrogen-bond donors (Lipinski definition) is 2. The number of nitrogens with one attached hydrogen (secondary N) is 1. The van der Waals surface area contributed by atoms with Gasteiger partial charge in [-0.2, -0.15) is 0 Å². The summed E-state index contributed by atoms with van der Waals surface area (Å²) in [5.41, 5.74) is -0.783. The molecule has 4 nitrogen and oxygen atoms in total. The number of carbonyl (C=O) groups excluding carboxylic acids is 1. The predicted octanol–water partition coefficient (Wildman–Crippen LogP) is 3.11. The molecular weight excluding hydrogens is 254 g/mol. The van der Waals surface area contributed by atoms with Gasteiger partial charge < -0.3 is 10.4 Å². The van der Waals surface area contributed by atoms with Crippen LogP contribution in [0, 0.1) is 11.3 Å². The molecule has 1 amide bonds. The summed E-state index contributed by atoms with van der Waals surface area (Å²) in [6, 6.07) is 0. The molecule has 2 aliphatic carbocycles. The molecule has 0 unspecified atom stereocenters. The largest absolute Gasteiger partial charge is 0.481 e. The molecule has 0 heterocycles. The number of rotatable bonds is 6. The molecule has 0 aromatic rings. The van der Waals surface area contributed by atoms with E-state index in [-0.39, 0.29) is 12.3 Å². The van der Waals surface area contributed by atoms with Gasteiger partial charge in [-0.1, -0.05) is 44.9 Å². The number of amides is 1. The fourth-order valence-electron chi connectivity index (χ4n) is 3.78. The van der Waals surface area contributed by atoms with E-state index in [1.54, 1.807) is 0 Å². The van der Waals surface area contributed by atoms with Gasteiger partial charge >= 0.3 is 5.97 Å². The number of carboxylic acid groups (broad SMARTS) is 1. The standard InChI is InChI=1S/C16H27NO3/c18-14(12-16(15(19)20)9-4-5-10-16)17-11-8-13-6-2-1-3-7-13/h13H,1-12H2,(H,17,18)(H,19,20). The van der Waals surface area contributed by atoms with Gasteiger partial charge in [0, 0.05) is 13.0 Å². The van der Waals surface area contributed by atoms with Crippen molar-refractivity contribution in [3.63, 3.8) is 0 Å². The molecule has 2 saturated carbocycles. The molecular formula is C16H27NO3. The first-order valence-corrected chi connectivity index (χ1v) is 8.12. The van der Waals surface area contributed by atoms with E-state index < -0.39 is 11.4 Å². The third-order valence-corrected chi connectivity index (χ3v) is 5.11. The van der Waals surface area contributed by atoms with Crippen molar-refractivity contribution in [1.82, 2.24) is 5.32 Å². The summed E-state index contributed by atoms with van der Waals surface area (Å²) in [6.07, 6.45) is 10.9. The van der Waals surface area contributed by atoms with Crippen LogP contribution in [0.25, 0.3) is 0 Å². The van der Waals surface area contributed by atoms with Crippen molar-refractivity contribution in [2.75, 3.05) is 6.54 Å². The van der Waals surface area contributed by atoms with Gasteiger partial charge in [-0.3, -0.25) is 9.59 Å².